The number of carbonyl (C=O) groups is 4. The first-order valence-corrected chi connectivity index (χ1v) is 10.5. The minimum Gasteiger partial charge on any atom is -0.508 e. The van der Waals surface area contributed by atoms with Crippen molar-refractivity contribution in [2.45, 2.75) is 65.2 Å². The van der Waals surface area contributed by atoms with E-state index in [4.69, 9.17) is 10.8 Å². The van der Waals surface area contributed by atoms with Crippen LogP contribution in [-0.4, -0.2) is 58.1 Å². The van der Waals surface area contributed by atoms with Crippen LogP contribution >= 0.6 is 0 Å². The molecule has 0 aliphatic rings. The fraction of sp³-hybridized carbons (Fsp3) is 0.545. The van der Waals surface area contributed by atoms with Crippen LogP contribution in [0.1, 0.15) is 40.2 Å². The number of amides is 3. The number of nitrogens with two attached hydrogens (primary N) is 1. The van der Waals surface area contributed by atoms with Gasteiger partial charge in [-0.25, -0.2) is 0 Å². The quantitative estimate of drug-likeness (QED) is 0.278. The van der Waals surface area contributed by atoms with Crippen molar-refractivity contribution >= 4 is 23.7 Å². The standard InChI is InChI=1S/C22H34N4O6/c1-11(2)17(23)20(29)26-18(12(3)4)21(30)25-16(19(28)24-13(5)22(31)32)10-14-6-8-15(27)9-7-14/h6-9,11-13,16-18,27H,10,23H2,1-5H3,(H,24,28)(H,25,30)(H,26,29)(H,31,32)/t13-,16-,17-,18-/m0/s1. The van der Waals surface area contributed by atoms with Crippen LogP contribution in [0, 0.1) is 11.8 Å². The maximum absolute atomic E-state index is 13.0. The fourth-order valence-corrected chi connectivity index (χ4v) is 2.80. The van der Waals surface area contributed by atoms with Crippen molar-refractivity contribution in [2.24, 2.45) is 17.6 Å². The van der Waals surface area contributed by atoms with Crippen molar-refractivity contribution in [1.82, 2.24) is 16.0 Å². The van der Waals surface area contributed by atoms with E-state index in [0.717, 1.165) is 0 Å². The van der Waals surface area contributed by atoms with Crippen LogP contribution in [0.3, 0.4) is 0 Å². The van der Waals surface area contributed by atoms with Crippen molar-refractivity contribution in [1.29, 1.82) is 0 Å². The van der Waals surface area contributed by atoms with E-state index < -0.39 is 47.9 Å². The van der Waals surface area contributed by atoms with Crippen LogP contribution in [0.4, 0.5) is 0 Å². The predicted octanol–water partition coefficient (Wildman–Crippen LogP) is 0.133. The van der Waals surface area contributed by atoms with Gasteiger partial charge in [0.1, 0.15) is 23.9 Å². The molecule has 0 saturated carbocycles. The second kappa shape index (κ2) is 12.0. The minimum absolute atomic E-state index is 0.0439. The van der Waals surface area contributed by atoms with Crippen LogP contribution in [0.25, 0.3) is 0 Å². The molecule has 32 heavy (non-hydrogen) atoms. The molecule has 0 aliphatic heterocycles. The molecule has 0 aromatic heterocycles. The zero-order chi connectivity index (χ0) is 24.6. The highest BCUT2D eigenvalue weighted by Crippen LogP contribution is 2.12. The number of phenolic OH excluding ortho intramolecular Hbond substituents is 1. The number of rotatable bonds is 11. The number of carboxylic acids is 1. The molecular weight excluding hydrogens is 416 g/mol. The molecule has 0 unspecified atom stereocenters. The minimum atomic E-state index is -1.22. The number of aliphatic carboxylic acids is 1. The molecule has 0 heterocycles. The summed E-state index contributed by atoms with van der Waals surface area (Å²) in [7, 11) is 0. The van der Waals surface area contributed by atoms with Crippen molar-refractivity contribution < 1.29 is 29.4 Å². The van der Waals surface area contributed by atoms with E-state index in [1.807, 2.05) is 0 Å². The molecule has 0 fully saturated rings. The van der Waals surface area contributed by atoms with Gasteiger partial charge < -0.3 is 31.9 Å². The molecule has 1 rings (SSSR count). The molecule has 10 nitrogen and oxygen atoms in total. The number of carboxylic acid groups (broad SMARTS) is 1. The highest BCUT2D eigenvalue weighted by molar-refractivity contribution is 5.94. The van der Waals surface area contributed by atoms with Crippen molar-refractivity contribution in [2.75, 3.05) is 0 Å². The molecule has 7 N–H and O–H groups in total. The van der Waals surface area contributed by atoms with E-state index in [1.54, 1.807) is 39.8 Å². The first-order chi connectivity index (χ1) is 14.8. The Bertz CT molecular complexity index is 809. The Balaban J connectivity index is 3.06. The number of aromatic hydroxyl groups is 1. The Hall–Kier alpha value is -3.14. The van der Waals surface area contributed by atoms with Gasteiger partial charge in [0.2, 0.25) is 17.7 Å². The molecule has 0 aliphatic carbocycles. The lowest BCUT2D eigenvalue weighted by molar-refractivity contribution is -0.141. The van der Waals surface area contributed by atoms with E-state index in [0.29, 0.717) is 5.56 Å². The molecule has 0 bridgehead atoms. The van der Waals surface area contributed by atoms with Crippen LogP contribution < -0.4 is 21.7 Å². The van der Waals surface area contributed by atoms with Crippen molar-refractivity contribution in [3.63, 3.8) is 0 Å². The third-order valence-corrected chi connectivity index (χ3v) is 5.01. The SMILES string of the molecule is CC(C)[C@H](N)C(=O)N[C@H](C(=O)N[C@@H](Cc1ccc(O)cc1)C(=O)N[C@@H](C)C(=O)O)C(C)C. The summed E-state index contributed by atoms with van der Waals surface area (Å²) in [5, 5.41) is 26.1. The third kappa shape index (κ3) is 8.18. The van der Waals surface area contributed by atoms with E-state index in [-0.39, 0.29) is 24.0 Å². The highest BCUT2D eigenvalue weighted by Gasteiger charge is 2.31. The van der Waals surface area contributed by atoms with Gasteiger partial charge >= 0.3 is 5.97 Å². The van der Waals surface area contributed by atoms with Gasteiger partial charge in [0.15, 0.2) is 0 Å². The van der Waals surface area contributed by atoms with Crippen molar-refractivity contribution in [3.05, 3.63) is 29.8 Å². The van der Waals surface area contributed by atoms with Crippen LogP contribution in [0.15, 0.2) is 24.3 Å². The average molecular weight is 451 g/mol. The van der Waals surface area contributed by atoms with Gasteiger partial charge in [-0.15, -0.1) is 0 Å². The zero-order valence-corrected chi connectivity index (χ0v) is 19.1. The maximum atomic E-state index is 13.0. The normalized spacial score (nSPS) is 14.9. The van der Waals surface area contributed by atoms with Crippen molar-refractivity contribution in [3.8, 4) is 5.75 Å². The summed E-state index contributed by atoms with van der Waals surface area (Å²) < 4.78 is 0. The smallest absolute Gasteiger partial charge is 0.325 e. The Kier molecular flexibility index (Phi) is 10.1. The summed E-state index contributed by atoms with van der Waals surface area (Å²) in [6.45, 7) is 8.37. The lowest BCUT2D eigenvalue weighted by atomic mass is 9.99. The third-order valence-electron chi connectivity index (χ3n) is 5.01. The first kappa shape index (κ1) is 26.9. The van der Waals surface area contributed by atoms with Crippen LogP contribution in [0.2, 0.25) is 0 Å². The number of nitrogens with one attached hydrogen (secondary N) is 3. The number of benzene rings is 1. The molecule has 0 radical (unpaired) electrons. The summed E-state index contributed by atoms with van der Waals surface area (Å²) in [4.78, 5) is 49.2. The van der Waals surface area contributed by atoms with Gasteiger partial charge in [-0.3, -0.25) is 19.2 Å². The zero-order valence-electron chi connectivity index (χ0n) is 19.1. The molecule has 0 spiro atoms. The number of carbonyl (C=O) groups excluding carboxylic acids is 3. The highest BCUT2D eigenvalue weighted by atomic mass is 16.4. The monoisotopic (exact) mass is 450 g/mol. The summed E-state index contributed by atoms with van der Waals surface area (Å²) in [5.41, 5.74) is 6.51. The molecular formula is C22H34N4O6. The summed E-state index contributed by atoms with van der Waals surface area (Å²) in [6.07, 6.45) is 0.0501. The van der Waals surface area contributed by atoms with E-state index in [1.165, 1.54) is 19.1 Å². The number of hydrogen-bond acceptors (Lipinski definition) is 6. The summed E-state index contributed by atoms with van der Waals surface area (Å²) in [6, 6.07) is 2.05. The topological polar surface area (TPSA) is 171 Å². The summed E-state index contributed by atoms with van der Waals surface area (Å²) >= 11 is 0. The average Bonchev–Trinajstić information content (AvgIpc) is 2.71. The largest absolute Gasteiger partial charge is 0.508 e. The van der Waals surface area contributed by atoms with Gasteiger partial charge in [-0.05, 0) is 36.5 Å². The second-order valence-corrected chi connectivity index (χ2v) is 8.50. The van der Waals surface area contributed by atoms with E-state index in [2.05, 4.69) is 16.0 Å². The number of phenols is 1. The fourth-order valence-electron chi connectivity index (χ4n) is 2.80. The Morgan fingerprint density at radius 2 is 1.41 bits per heavy atom. The maximum Gasteiger partial charge on any atom is 0.325 e. The van der Waals surface area contributed by atoms with Gasteiger partial charge in [0, 0.05) is 6.42 Å². The molecule has 4 atom stereocenters. The van der Waals surface area contributed by atoms with Crippen LogP contribution in [-0.2, 0) is 25.6 Å². The van der Waals surface area contributed by atoms with Crippen LogP contribution in [0.5, 0.6) is 5.75 Å². The Morgan fingerprint density at radius 1 is 0.844 bits per heavy atom. The Labute approximate surface area is 187 Å². The molecule has 178 valence electrons. The number of hydrogen-bond donors (Lipinski definition) is 6. The molecule has 0 saturated heterocycles. The molecule has 10 heteroatoms. The van der Waals surface area contributed by atoms with Gasteiger partial charge in [-0.2, -0.15) is 0 Å². The van der Waals surface area contributed by atoms with E-state index >= 15 is 0 Å². The lowest BCUT2D eigenvalue weighted by Crippen LogP contribution is -2.59. The molecule has 1 aromatic rings. The second-order valence-electron chi connectivity index (χ2n) is 8.50. The van der Waals surface area contributed by atoms with E-state index in [9.17, 15) is 24.3 Å². The van der Waals surface area contributed by atoms with Gasteiger partial charge in [-0.1, -0.05) is 39.8 Å². The first-order valence-electron chi connectivity index (χ1n) is 10.5. The predicted molar refractivity (Wildman–Crippen MR) is 119 cm³/mol. The molecule has 1 aromatic carbocycles. The summed E-state index contributed by atoms with van der Waals surface area (Å²) in [5.74, 6) is -3.36. The Morgan fingerprint density at radius 3 is 1.88 bits per heavy atom. The van der Waals surface area contributed by atoms with Gasteiger partial charge in [0.05, 0.1) is 6.04 Å². The van der Waals surface area contributed by atoms with Gasteiger partial charge in [0.25, 0.3) is 0 Å². The lowest BCUT2D eigenvalue weighted by Gasteiger charge is -2.27. The molecule has 3 amide bonds.